The van der Waals surface area contributed by atoms with Crippen molar-refractivity contribution in [2.75, 3.05) is 31.1 Å². The number of carbonyl (C=O) groups is 2. The number of para-hydroxylation sites is 1. The number of aliphatic imine (C=N–C) groups is 1. The fraction of sp³-hybridized carbons (Fsp3) is 0.526. The third-order valence-corrected chi connectivity index (χ3v) is 4.51. The quantitative estimate of drug-likeness (QED) is 0.384. The summed E-state index contributed by atoms with van der Waals surface area (Å²) in [5.74, 6) is 1.15. The Morgan fingerprint density at radius 3 is 2.69 bits per heavy atom. The van der Waals surface area contributed by atoms with Gasteiger partial charge in [0, 0.05) is 37.7 Å². The number of rotatable bonds is 7. The van der Waals surface area contributed by atoms with E-state index in [1.54, 1.807) is 4.90 Å². The highest BCUT2D eigenvalue weighted by atomic mass is 16.2. The average molecular weight is 357 g/mol. The van der Waals surface area contributed by atoms with Gasteiger partial charge in [-0.1, -0.05) is 18.2 Å². The predicted octanol–water partition coefficient (Wildman–Crippen LogP) is 0.873. The summed E-state index contributed by atoms with van der Waals surface area (Å²) in [6.45, 7) is 4.40. The summed E-state index contributed by atoms with van der Waals surface area (Å²) in [5, 5.41) is 9.44. The maximum Gasteiger partial charge on any atom is 0.229 e. The lowest BCUT2D eigenvalue weighted by molar-refractivity contribution is -0.122. The van der Waals surface area contributed by atoms with Gasteiger partial charge in [-0.3, -0.25) is 14.6 Å². The van der Waals surface area contributed by atoms with E-state index in [9.17, 15) is 9.59 Å². The van der Waals surface area contributed by atoms with Gasteiger partial charge in [-0.05, 0) is 31.9 Å². The topological polar surface area (TPSA) is 85.8 Å². The van der Waals surface area contributed by atoms with Gasteiger partial charge in [0.05, 0.1) is 12.6 Å². The van der Waals surface area contributed by atoms with Crippen LogP contribution in [0.5, 0.6) is 0 Å². The molecule has 3 rings (SSSR count). The van der Waals surface area contributed by atoms with E-state index >= 15 is 0 Å². The van der Waals surface area contributed by atoms with Gasteiger partial charge in [0.2, 0.25) is 11.8 Å². The number of benzene rings is 1. The van der Waals surface area contributed by atoms with E-state index in [1.807, 2.05) is 37.3 Å². The molecule has 2 aliphatic rings. The second-order valence-corrected chi connectivity index (χ2v) is 6.71. The van der Waals surface area contributed by atoms with E-state index in [0.717, 1.165) is 25.1 Å². The van der Waals surface area contributed by atoms with Crippen LogP contribution in [0.3, 0.4) is 0 Å². The molecule has 0 aromatic heterocycles. The molecule has 1 aliphatic carbocycles. The maximum atomic E-state index is 12.3. The lowest BCUT2D eigenvalue weighted by atomic mass is 10.2. The SMILES string of the molecule is CCNC(=NCCNC(=O)C1CC1)NC1CC(=O)N(c2ccccc2)C1. The van der Waals surface area contributed by atoms with Crippen molar-refractivity contribution in [2.24, 2.45) is 10.9 Å². The highest BCUT2D eigenvalue weighted by molar-refractivity contribution is 5.97. The second kappa shape index (κ2) is 8.69. The summed E-state index contributed by atoms with van der Waals surface area (Å²) in [5.41, 5.74) is 0.923. The highest BCUT2D eigenvalue weighted by Crippen LogP contribution is 2.28. The van der Waals surface area contributed by atoms with Crippen LogP contribution in [0.15, 0.2) is 35.3 Å². The Labute approximate surface area is 154 Å². The molecule has 0 bridgehead atoms. The van der Waals surface area contributed by atoms with Crippen molar-refractivity contribution in [3.05, 3.63) is 30.3 Å². The van der Waals surface area contributed by atoms with Crippen molar-refractivity contribution < 1.29 is 9.59 Å². The molecule has 0 radical (unpaired) electrons. The molecule has 1 aromatic rings. The largest absolute Gasteiger partial charge is 0.357 e. The molecule has 1 saturated carbocycles. The molecule has 3 N–H and O–H groups in total. The number of guanidine groups is 1. The fourth-order valence-electron chi connectivity index (χ4n) is 3.01. The Bertz CT molecular complexity index is 657. The van der Waals surface area contributed by atoms with Crippen LogP contribution in [-0.2, 0) is 9.59 Å². The van der Waals surface area contributed by atoms with Crippen LogP contribution in [0, 0.1) is 5.92 Å². The first-order valence-corrected chi connectivity index (χ1v) is 9.35. The van der Waals surface area contributed by atoms with Crippen molar-refractivity contribution in [1.82, 2.24) is 16.0 Å². The molecular formula is C19H27N5O2. The molecule has 1 aliphatic heterocycles. The van der Waals surface area contributed by atoms with Crippen molar-refractivity contribution in [2.45, 2.75) is 32.2 Å². The molecule has 26 heavy (non-hydrogen) atoms. The Balaban J connectivity index is 1.50. The van der Waals surface area contributed by atoms with Crippen molar-refractivity contribution in [3.63, 3.8) is 0 Å². The highest BCUT2D eigenvalue weighted by Gasteiger charge is 2.31. The summed E-state index contributed by atoms with van der Waals surface area (Å²) in [4.78, 5) is 30.2. The summed E-state index contributed by atoms with van der Waals surface area (Å²) in [6, 6.07) is 9.72. The molecule has 1 aromatic carbocycles. The minimum Gasteiger partial charge on any atom is -0.357 e. The van der Waals surface area contributed by atoms with Crippen molar-refractivity contribution in [1.29, 1.82) is 0 Å². The summed E-state index contributed by atoms with van der Waals surface area (Å²) in [6.07, 6.45) is 2.46. The first kappa shape index (κ1) is 18.2. The van der Waals surface area contributed by atoms with E-state index in [-0.39, 0.29) is 23.8 Å². The molecular weight excluding hydrogens is 330 g/mol. The number of nitrogens with zero attached hydrogens (tertiary/aromatic N) is 2. The lowest BCUT2D eigenvalue weighted by Crippen LogP contribution is -2.45. The lowest BCUT2D eigenvalue weighted by Gasteiger charge is -2.19. The van der Waals surface area contributed by atoms with Crippen LogP contribution < -0.4 is 20.9 Å². The minimum absolute atomic E-state index is 0.0153. The predicted molar refractivity (Wildman–Crippen MR) is 102 cm³/mol. The van der Waals surface area contributed by atoms with Crippen molar-refractivity contribution in [3.8, 4) is 0 Å². The molecule has 1 atom stereocenters. The minimum atomic E-state index is 0.0153. The van der Waals surface area contributed by atoms with Gasteiger partial charge in [0.1, 0.15) is 0 Å². The van der Waals surface area contributed by atoms with Crippen LogP contribution in [0.2, 0.25) is 0 Å². The normalized spacial score (nSPS) is 20.2. The van der Waals surface area contributed by atoms with Gasteiger partial charge < -0.3 is 20.9 Å². The average Bonchev–Trinajstić information content (AvgIpc) is 3.43. The number of hydrogen-bond acceptors (Lipinski definition) is 3. The summed E-state index contributed by atoms with van der Waals surface area (Å²) >= 11 is 0. The molecule has 140 valence electrons. The zero-order valence-electron chi connectivity index (χ0n) is 15.2. The second-order valence-electron chi connectivity index (χ2n) is 6.71. The van der Waals surface area contributed by atoms with Gasteiger partial charge in [-0.2, -0.15) is 0 Å². The Hall–Kier alpha value is -2.57. The standard InChI is InChI=1S/C19H27N5O2/c1-2-20-19(22-11-10-21-18(26)14-8-9-14)23-15-12-17(25)24(13-15)16-6-4-3-5-7-16/h3-7,14-15H,2,8-13H2,1H3,(H,21,26)(H2,20,22,23). The van der Waals surface area contributed by atoms with E-state index in [4.69, 9.17) is 0 Å². The zero-order valence-corrected chi connectivity index (χ0v) is 15.2. The molecule has 7 heteroatoms. The molecule has 1 heterocycles. The van der Waals surface area contributed by atoms with E-state index in [1.165, 1.54) is 0 Å². The van der Waals surface area contributed by atoms with Gasteiger partial charge in [0.25, 0.3) is 0 Å². The van der Waals surface area contributed by atoms with Gasteiger partial charge in [-0.25, -0.2) is 0 Å². The monoisotopic (exact) mass is 357 g/mol. The van der Waals surface area contributed by atoms with Gasteiger partial charge in [0.15, 0.2) is 5.96 Å². The Morgan fingerprint density at radius 1 is 1.23 bits per heavy atom. The van der Waals surface area contributed by atoms with Crippen LogP contribution in [-0.4, -0.2) is 50.0 Å². The first-order valence-electron chi connectivity index (χ1n) is 9.35. The van der Waals surface area contributed by atoms with Crippen molar-refractivity contribution >= 4 is 23.5 Å². The van der Waals surface area contributed by atoms with Crippen LogP contribution in [0.4, 0.5) is 5.69 Å². The number of carbonyl (C=O) groups excluding carboxylic acids is 2. The smallest absolute Gasteiger partial charge is 0.229 e. The third kappa shape index (κ3) is 4.97. The third-order valence-electron chi connectivity index (χ3n) is 4.51. The first-order chi connectivity index (χ1) is 12.7. The number of anilines is 1. The van der Waals surface area contributed by atoms with Gasteiger partial charge in [-0.15, -0.1) is 0 Å². The number of nitrogens with one attached hydrogen (secondary N) is 3. The molecule has 2 amide bonds. The van der Waals surface area contributed by atoms with E-state index < -0.39 is 0 Å². The Kier molecular flexibility index (Phi) is 6.09. The fourth-order valence-corrected chi connectivity index (χ4v) is 3.01. The molecule has 1 saturated heterocycles. The van der Waals surface area contributed by atoms with E-state index in [0.29, 0.717) is 32.0 Å². The van der Waals surface area contributed by atoms with Gasteiger partial charge >= 0.3 is 0 Å². The van der Waals surface area contributed by atoms with E-state index in [2.05, 4.69) is 20.9 Å². The molecule has 7 nitrogen and oxygen atoms in total. The molecule has 2 fully saturated rings. The van der Waals surface area contributed by atoms with Crippen LogP contribution >= 0.6 is 0 Å². The van der Waals surface area contributed by atoms with Crippen LogP contribution in [0.25, 0.3) is 0 Å². The number of amides is 2. The van der Waals surface area contributed by atoms with Crippen LogP contribution in [0.1, 0.15) is 26.2 Å². The summed E-state index contributed by atoms with van der Waals surface area (Å²) < 4.78 is 0. The number of hydrogen-bond donors (Lipinski definition) is 3. The maximum absolute atomic E-state index is 12.3. The molecule has 1 unspecified atom stereocenters. The zero-order chi connectivity index (χ0) is 18.4. The Morgan fingerprint density at radius 2 is 2.00 bits per heavy atom. The molecule has 0 spiro atoms. The summed E-state index contributed by atoms with van der Waals surface area (Å²) in [7, 11) is 0.